The molecule has 2 heterocycles. The second kappa shape index (κ2) is 8.11. The highest BCUT2D eigenvalue weighted by molar-refractivity contribution is 5.85. The Hall–Kier alpha value is -4.08. The molecule has 0 aliphatic heterocycles. The Balaban J connectivity index is 1.73. The van der Waals surface area contributed by atoms with Crippen molar-refractivity contribution in [3.05, 3.63) is 77.0 Å². The topological polar surface area (TPSA) is 83.5 Å². The maximum Gasteiger partial charge on any atom is 0.387 e. The third-order valence-corrected chi connectivity index (χ3v) is 4.23. The summed E-state index contributed by atoms with van der Waals surface area (Å²) in [6.45, 7) is -3.04. The Labute approximate surface area is 168 Å². The van der Waals surface area contributed by atoms with Crippen molar-refractivity contribution in [2.45, 2.75) is 6.61 Å². The van der Waals surface area contributed by atoms with Crippen LogP contribution in [0.5, 0.6) is 11.5 Å². The van der Waals surface area contributed by atoms with E-state index in [1.54, 1.807) is 10.7 Å². The van der Waals surface area contributed by atoms with Gasteiger partial charge < -0.3 is 9.47 Å². The van der Waals surface area contributed by atoms with Gasteiger partial charge in [-0.05, 0) is 24.3 Å². The summed E-state index contributed by atoms with van der Waals surface area (Å²) in [6.07, 6.45) is 3.85. The second-order valence-electron chi connectivity index (χ2n) is 6.03. The lowest BCUT2D eigenvalue weighted by Gasteiger charge is -2.11. The lowest BCUT2D eigenvalue weighted by Crippen LogP contribution is -2.17. The molecule has 8 nitrogen and oxygen atoms in total. The van der Waals surface area contributed by atoms with E-state index in [0.717, 1.165) is 10.4 Å². The molecule has 0 saturated carbocycles. The lowest BCUT2D eigenvalue weighted by atomic mass is 10.2. The quantitative estimate of drug-likeness (QED) is 0.456. The minimum Gasteiger partial charge on any atom is -0.493 e. The Kier molecular flexibility index (Phi) is 5.21. The van der Waals surface area contributed by atoms with Crippen LogP contribution in [-0.4, -0.2) is 39.4 Å². The molecule has 0 N–H and O–H groups in total. The molecule has 10 heteroatoms. The number of methoxy groups -OCH3 is 1. The predicted octanol–water partition coefficient (Wildman–Crippen LogP) is 3.07. The van der Waals surface area contributed by atoms with Crippen LogP contribution in [0.2, 0.25) is 0 Å². The molecule has 0 unspecified atom stereocenters. The summed E-state index contributed by atoms with van der Waals surface area (Å²) in [6, 6.07) is 13.8. The van der Waals surface area contributed by atoms with Crippen LogP contribution in [0.1, 0.15) is 5.56 Å². The van der Waals surface area contributed by atoms with Crippen molar-refractivity contribution in [2.24, 2.45) is 5.10 Å². The van der Waals surface area contributed by atoms with Crippen LogP contribution in [0.3, 0.4) is 0 Å². The van der Waals surface area contributed by atoms with Gasteiger partial charge in [0.2, 0.25) is 0 Å². The molecule has 4 aromatic rings. The average molecular weight is 411 g/mol. The van der Waals surface area contributed by atoms with Gasteiger partial charge in [-0.3, -0.25) is 4.79 Å². The van der Waals surface area contributed by atoms with Gasteiger partial charge in [-0.1, -0.05) is 24.3 Å². The van der Waals surface area contributed by atoms with Crippen molar-refractivity contribution in [3.8, 4) is 17.2 Å². The number of hydrogen-bond acceptors (Lipinski definition) is 6. The molecule has 0 atom stereocenters. The van der Waals surface area contributed by atoms with Gasteiger partial charge in [-0.2, -0.15) is 23.7 Å². The fraction of sp³-hybridized carbons (Fsp3) is 0.100. The first-order chi connectivity index (χ1) is 14.6. The number of para-hydroxylation sites is 2. The van der Waals surface area contributed by atoms with Gasteiger partial charge in [0, 0.05) is 5.56 Å². The van der Waals surface area contributed by atoms with Gasteiger partial charge in [0.1, 0.15) is 11.7 Å². The SMILES string of the molecule is COc1cccc(/C=N\n2cnc3c(cnn3-c3ccccc3)c2=O)c1OC(F)F. The summed E-state index contributed by atoms with van der Waals surface area (Å²) >= 11 is 0. The van der Waals surface area contributed by atoms with Crippen LogP contribution in [0, 0.1) is 0 Å². The minimum absolute atomic E-state index is 0.115. The minimum atomic E-state index is -3.04. The molecule has 30 heavy (non-hydrogen) atoms. The summed E-state index contributed by atoms with van der Waals surface area (Å²) in [5, 5.41) is 8.53. The van der Waals surface area contributed by atoms with Crippen molar-refractivity contribution in [1.82, 2.24) is 19.4 Å². The molecule has 0 spiro atoms. The van der Waals surface area contributed by atoms with Gasteiger partial charge in [0.15, 0.2) is 17.1 Å². The molecule has 152 valence electrons. The summed E-state index contributed by atoms with van der Waals surface area (Å²) in [5.41, 5.74) is 0.880. The first-order valence-corrected chi connectivity index (χ1v) is 8.75. The summed E-state index contributed by atoms with van der Waals surface area (Å²) in [5.74, 6) is -0.0676. The number of alkyl halides is 2. The van der Waals surface area contributed by atoms with Gasteiger partial charge in [-0.15, -0.1) is 0 Å². The molecule has 0 amide bonds. The summed E-state index contributed by atoms with van der Waals surface area (Å²) in [7, 11) is 1.33. The Morgan fingerprint density at radius 2 is 1.93 bits per heavy atom. The maximum atomic E-state index is 12.8. The number of hydrogen-bond donors (Lipinski definition) is 0. The highest BCUT2D eigenvalue weighted by Crippen LogP contribution is 2.31. The monoisotopic (exact) mass is 411 g/mol. The van der Waals surface area contributed by atoms with Crippen LogP contribution in [0.4, 0.5) is 8.78 Å². The molecule has 4 rings (SSSR count). The second-order valence-corrected chi connectivity index (χ2v) is 6.03. The molecule has 0 bridgehead atoms. The van der Waals surface area contributed by atoms with Crippen molar-refractivity contribution in [3.63, 3.8) is 0 Å². The Bertz CT molecular complexity index is 1270. The molecular weight excluding hydrogens is 396 g/mol. The van der Waals surface area contributed by atoms with Gasteiger partial charge in [-0.25, -0.2) is 9.67 Å². The van der Waals surface area contributed by atoms with E-state index in [4.69, 9.17) is 4.74 Å². The van der Waals surface area contributed by atoms with E-state index in [1.165, 1.54) is 38.0 Å². The summed E-state index contributed by atoms with van der Waals surface area (Å²) < 4.78 is 37.7. The van der Waals surface area contributed by atoms with Crippen molar-refractivity contribution < 1.29 is 18.3 Å². The van der Waals surface area contributed by atoms with E-state index >= 15 is 0 Å². The zero-order chi connectivity index (χ0) is 21.1. The van der Waals surface area contributed by atoms with E-state index in [0.29, 0.717) is 5.65 Å². The summed E-state index contributed by atoms with van der Waals surface area (Å²) in [4.78, 5) is 17.0. The van der Waals surface area contributed by atoms with Crippen LogP contribution in [0.15, 0.2) is 71.0 Å². The van der Waals surface area contributed by atoms with E-state index in [2.05, 4.69) is 19.9 Å². The van der Waals surface area contributed by atoms with Gasteiger partial charge in [0.05, 0.1) is 25.2 Å². The van der Waals surface area contributed by atoms with Crippen LogP contribution in [0.25, 0.3) is 16.7 Å². The molecule has 2 aromatic carbocycles. The average Bonchev–Trinajstić information content (AvgIpc) is 3.19. The molecule has 0 aliphatic carbocycles. The maximum absolute atomic E-state index is 12.8. The first kappa shape index (κ1) is 19.2. The van der Waals surface area contributed by atoms with Gasteiger partial charge >= 0.3 is 6.61 Å². The number of fused-ring (bicyclic) bond motifs is 1. The number of nitrogens with zero attached hydrogens (tertiary/aromatic N) is 5. The van der Waals surface area contributed by atoms with Gasteiger partial charge in [0.25, 0.3) is 5.56 Å². The van der Waals surface area contributed by atoms with E-state index in [1.807, 2.05) is 30.3 Å². The fourth-order valence-electron chi connectivity index (χ4n) is 2.88. The van der Waals surface area contributed by atoms with E-state index in [9.17, 15) is 13.6 Å². The third-order valence-electron chi connectivity index (χ3n) is 4.23. The molecule has 0 radical (unpaired) electrons. The number of ether oxygens (including phenoxy) is 2. The number of halogens is 2. The zero-order valence-electron chi connectivity index (χ0n) is 15.6. The van der Waals surface area contributed by atoms with Crippen LogP contribution >= 0.6 is 0 Å². The highest BCUT2D eigenvalue weighted by Gasteiger charge is 2.15. The van der Waals surface area contributed by atoms with Crippen molar-refractivity contribution in [1.29, 1.82) is 0 Å². The lowest BCUT2D eigenvalue weighted by molar-refractivity contribution is -0.0513. The molecule has 0 aliphatic rings. The molecule has 2 aromatic heterocycles. The van der Waals surface area contributed by atoms with Crippen LogP contribution in [-0.2, 0) is 0 Å². The number of benzene rings is 2. The zero-order valence-corrected chi connectivity index (χ0v) is 15.6. The molecular formula is C20H15F2N5O3. The highest BCUT2D eigenvalue weighted by atomic mass is 19.3. The van der Waals surface area contributed by atoms with E-state index in [-0.39, 0.29) is 22.4 Å². The van der Waals surface area contributed by atoms with Crippen molar-refractivity contribution >= 4 is 17.2 Å². The molecule has 0 fully saturated rings. The van der Waals surface area contributed by atoms with E-state index < -0.39 is 12.2 Å². The largest absolute Gasteiger partial charge is 0.493 e. The molecule has 0 saturated heterocycles. The Morgan fingerprint density at radius 1 is 1.13 bits per heavy atom. The predicted molar refractivity (Wildman–Crippen MR) is 106 cm³/mol. The normalized spacial score (nSPS) is 11.5. The van der Waals surface area contributed by atoms with Crippen LogP contribution < -0.4 is 15.0 Å². The number of aromatic nitrogens is 4. The fourth-order valence-corrected chi connectivity index (χ4v) is 2.88. The first-order valence-electron chi connectivity index (χ1n) is 8.75. The Morgan fingerprint density at radius 3 is 2.67 bits per heavy atom. The standard InChI is InChI=1S/C20H15F2N5O3/c1-29-16-9-5-6-13(17(16)30-20(21)22)10-24-26-12-23-18-15(19(26)28)11-25-27(18)14-7-3-2-4-8-14/h2-12,20H,1H3/b24-10-. The van der Waals surface area contributed by atoms with Crippen molar-refractivity contribution in [2.75, 3.05) is 7.11 Å². The number of rotatable bonds is 6. The smallest absolute Gasteiger partial charge is 0.387 e. The third kappa shape index (κ3) is 3.62.